The minimum absolute atomic E-state index is 0.0220. The number of nitrogens with zero attached hydrogens (tertiary/aromatic N) is 2. The van der Waals surface area contributed by atoms with Gasteiger partial charge in [0, 0.05) is 32.1 Å². The molecule has 0 radical (unpaired) electrons. The van der Waals surface area contributed by atoms with Gasteiger partial charge in [-0.3, -0.25) is 14.4 Å². The number of anilines is 1. The first kappa shape index (κ1) is 27.8. The zero-order chi connectivity index (χ0) is 26.6. The fourth-order valence-electron chi connectivity index (χ4n) is 4.45. The molecule has 13 heteroatoms. The second-order valence-electron chi connectivity index (χ2n) is 9.12. The number of piperidine rings is 2. The van der Waals surface area contributed by atoms with Crippen molar-refractivity contribution in [2.45, 2.75) is 69.1 Å². The Morgan fingerprint density at radius 2 is 1.83 bits per heavy atom. The highest BCUT2D eigenvalue weighted by molar-refractivity contribution is 7.89. The highest BCUT2D eigenvalue weighted by atomic mass is 32.2. The van der Waals surface area contributed by atoms with E-state index in [1.807, 2.05) is 18.6 Å². The molecular weight excluding hydrogens is 495 g/mol. The second-order valence-corrected chi connectivity index (χ2v) is 10.8. The summed E-state index contributed by atoms with van der Waals surface area (Å²) in [5.74, 6) is -3.52. The van der Waals surface area contributed by atoms with Crippen molar-refractivity contribution in [2.24, 2.45) is 5.73 Å². The zero-order valence-electron chi connectivity index (χ0n) is 20.7. The fraction of sp³-hybridized carbons (Fsp3) is 0.609. The third-order valence-electron chi connectivity index (χ3n) is 6.13. The maximum atomic E-state index is 14.6. The summed E-state index contributed by atoms with van der Waals surface area (Å²) in [5, 5.41) is 0. The molecule has 1 aromatic carbocycles. The molecule has 1 atom stereocenters. The van der Waals surface area contributed by atoms with Crippen molar-refractivity contribution in [2.75, 3.05) is 31.6 Å². The third-order valence-corrected chi connectivity index (χ3v) is 7.56. The van der Waals surface area contributed by atoms with Gasteiger partial charge in [0.05, 0.1) is 25.0 Å². The molecule has 0 saturated carbocycles. The molecule has 200 valence electrons. The predicted octanol–water partition coefficient (Wildman–Crippen LogP) is 0.899. The number of hydrogen-bond donors (Lipinski definition) is 2. The molecule has 3 amide bonds. The van der Waals surface area contributed by atoms with Crippen molar-refractivity contribution in [3.05, 3.63) is 17.9 Å². The fourth-order valence-corrected chi connectivity index (χ4v) is 5.80. The van der Waals surface area contributed by atoms with Gasteiger partial charge in [0.15, 0.2) is 11.8 Å². The van der Waals surface area contributed by atoms with E-state index in [0.29, 0.717) is 31.7 Å². The van der Waals surface area contributed by atoms with Gasteiger partial charge in [-0.2, -0.15) is 4.72 Å². The Labute approximate surface area is 210 Å². The number of rotatable bonds is 9. The number of carbonyl (C=O) groups is 3. The van der Waals surface area contributed by atoms with Gasteiger partial charge in [-0.05, 0) is 45.6 Å². The van der Waals surface area contributed by atoms with Crippen molar-refractivity contribution in [3.63, 3.8) is 0 Å². The van der Waals surface area contributed by atoms with Crippen molar-refractivity contribution in [3.8, 4) is 5.75 Å². The molecule has 2 aliphatic rings. The number of amides is 3. The molecular formula is C23H33FN4O7S. The number of benzene rings is 1. The molecule has 2 heterocycles. The average molecular weight is 529 g/mol. The zero-order valence-corrected chi connectivity index (χ0v) is 21.5. The van der Waals surface area contributed by atoms with Crippen LogP contribution < -0.4 is 20.1 Å². The first-order chi connectivity index (χ1) is 16.9. The minimum atomic E-state index is -4.68. The topological polar surface area (TPSA) is 148 Å². The molecule has 0 bridgehead atoms. The minimum Gasteiger partial charge on any atom is -0.493 e. The highest BCUT2D eigenvalue weighted by Gasteiger charge is 2.37. The molecule has 3 N–H and O–H groups in total. The number of hydrogen-bond acceptors (Lipinski definition) is 7. The Morgan fingerprint density at radius 3 is 2.39 bits per heavy atom. The Morgan fingerprint density at radius 1 is 1.17 bits per heavy atom. The average Bonchev–Trinajstić information content (AvgIpc) is 2.82. The quantitative estimate of drug-likeness (QED) is 0.453. The van der Waals surface area contributed by atoms with E-state index in [9.17, 15) is 27.2 Å². The van der Waals surface area contributed by atoms with E-state index in [0.717, 1.165) is 6.07 Å². The normalized spacial score (nSPS) is 18.4. The summed E-state index contributed by atoms with van der Waals surface area (Å²) < 4.78 is 54.2. The molecule has 36 heavy (non-hydrogen) atoms. The van der Waals surface area contributed by atoms with Gasteiger partial charge >= 0.3 is 0 Å². The van der Waals surface area contributed by atoms with Crippen LogP contribution in [0.15, 0.2) is 17.0 Å². The summed E-state index contributed by atoms with van der Waals surface area (Å²) in [5.41, 5.74) is 5.35. The molecule has 1 aromatic rings. The summed E-state index contributed by atoms with van der Waals surface area (Å²) in [6.45, 7) is 4.59. The van der Waals surface area contributed by atoms with Crippen LogP contribution in [-0.4, -0.2) is 76.0 Å². The number of ether oxygens (including phenoxy) is 2. The van der Waals surface area contributed by atoms with Gasteiger partial charge in [0.25, 0.3) is 0 Å². The standard InChI is InChI=1S/C23H33FN4O7S/c1-14(2)35-16-7-10-27(11-8-16)23(31)20(22(25)30)26-36(32,33)18-13-15(24)12-17(21(18)34-3)28-9-5-4-6-19(28)29/h12-14,16,20,26H,4-11H2,1-3H3,(H2,25,30)/t20-/m0/s1. The molecule has 2 fully saturated rings. The van der Waals surface area contributed by atoms with Gasteiger partial charge in [-0.1, -0.05) is 0 Å². The first-order valence-corrected chi connectivity index (χ1v) is 13.4. The maximum absolute atomic E-state index is 14.6. The van der Waals surface area contributed by atoms with Crippen LogP contribution in [0.25, 0.3) is 0 Å². The van der Waals surface area contributed by atoms with Crippen molar-refractivity contribution in [1.82, 2.24) is 9.62 Å². The molecule has 3 rings (SSSR count). The lowest BCUT2D eigenvalue weighted by molar-refractivity contribution is -0.140. The Kier molecular flexibility index (Phi) is 8.90. The molecule has 2 saturated heterocycles. The van der Waals surface area contributed by atoms with E-state index in [2.05, 4.69) is 0 Å². The lowest BCUT2D eigenvalue weighted by Gasteiger charge is -2.34. The van der Waals surface area contributed by atoms with Crippen LogP contribution >= 0.6 is 0 Å². The van der Waals surface area contributed by atoms with Gasteiger partial charge < -0.3 is 25.0 Å². The van der Waals surface area contributed by atoms with Crippen LogP contribution in [0.2, 0.25) is 0 Å². The summed E-state index contributed by atoms with van der Waals surface area (Å²) in [6, 6.07) is -0.192. The van der Waals surface area contributed by atoms with Crippen LogP contribution in [0, 0.1) is 5.82 Å². The van der Waals surface area contributed by atoms with Crippen LogP contribution in [-0.2, 0) is 29.1 Å². The molecule has 0 aromatic heterocycles. The smallest absolute Gasteiger partial charge is 0.250 e. The molecule has 2 aliphatic heterocycles. The number of nitrogens with two attached hydrogens (primary N) is 1. The van der Waals surface area contributed by atoms with Crippen LogP contribution in [0.5, 0.6) is 5.75 Å². The number of halogens is 1. The SMILES string of the molecule is COc1c(N2CCCCC2=O)cc(F)cc1S(=O)(=O)N[C@@H](C(N)=O)C(=O)N1CCC(OC(C)C)CC1. The Balaban J connectivity index is 1.87. The van der Waals surface area contributed by atoms with Gasteiger partial charge in [-0.15, -0.1) is 0 Å². The highest BCUT2D eigenvalue weighted by Crippen LogP contribution is 2.37. The number of primary amides is 1. The summed E-state index contributed by atoms with van der Waals surface area (Å²) >= 11 is 0. The van der Waals surface area contributed by atoms with Crippen molar-refractivity contribution < 1.29 is 36.7 Å². The van der Waals surface area contributed by atoms with E-state index in [1.54, 1.807) is 0 Å². The second kappa shape index (κ2) is 11.5. The van der Waals surface area contributed by atoms with E-state index in [-0.39, 0.29) is 55.6 Å². The molecule has 0 unspecified atom stereocenters. The van der Waals surface area contributed by atoms with Gasteiger partial charge in [0.1, 0.15) is 10.7 Å². The first-order valence-electron chi connectivity index (χ1n) is 11.9. The molecule has 0 aliphatic carbocycles. The lowest BCUT2D eigenvalue weighted by atomic mass is 10.1. The van der Waals surface area contributed by atoms with Crippen molar-refractivity contribution in [1.29, 1.82) is 0 Å². The maximum Gasteiger partial charge on any atom is 0.250 e. The summed E-state index contributed by atoms with van der Waals surface area (Å²) in [6.07, 6.45) is 2.57. The largest absolute Gasteiger partial charge is 0.493 e. The monoisotopic (exact) mass is 528 g/mol. The van der Waals surface area contributed by atoms with E-state index >= 15 is 0 Å². The Bertz CT molecular complexity index is 1100. The number of likely N-dealkylation sites (tertiary alicyclic amines) is 1. The van der Waals surface area contributed by atoms with E-state index in [1.165, 1.54) is 16.9 Å². The van der Waals surface area contributed by atoms with E-state index in [4.69, 9.17) is 15.2 Å². The predicted molar refractivity (Wildman–Crippen MR) is 128 cm³/mol. The number of sulfonamides is 1. The number of methoxy groups -OCH3 is 1. The van der Waals surface area contributed by atoms with Gasteiger partial charge in [-0.25, -0.2) is 12.8 Å². The van der Waals surface area contributed by atoms with Crippen LogP contribution in [0.3, 0.4) is 0 Å². The van der Waals surface area contributed by atoms with Crippen LogP contribution in [0.4, 0.5) is 10.1 Å². The Hall–Kier alpha value is -2.77. The van der Waals surface area contributed by atoms with Crippen LogP contribution in [0.1, 0.15) is 46.0 Å². The summed E-state index contributed by atoms with van der Waals surface area (Å²) in [7, 11) is -3.50. The lowest BCUT2D eigenvalue weighted by Crippen LogP contribution is -2.56. The van der Waals surface area contributed by atoms with Crippen molar-refractivity contribution >= 4 is 33.4 Å². The van der Waals surface area contributed by atoms with Gasteiger partial charge in [0.2, 0.25) is 27.7 Å². The molecule has 0 spiro atoms. The number of carbonyl (C=O) groups excluding carboxylic acids is 3. The summed E-state index contributed by atoms with van der Waals surface area (Å²) in [4.78, 5) is 39.6. The molecule has 11 nitrogen and oxygen atoms in total. The van der Waals surface area contributed by atoms with E-state index < -0.39 is 38.6 Å². The third kappa shape index (κ3) is 6.31. The number of nitrogens with one attached hydrogen (secondary N) is 1.